The van der Waals surface area contributed by atoms with Crippen LogP contribution in [0.1, 0.15) is 5.56 Å². The minimum Gasteiger partial charge on any atom is -0.496 e. The Hall–Kier alpha value is -2.02. The largest absolute Gasteiger partial charge is 0.496 e. The van der Waals surface area contributed by atoms with E-state index in [0.29, 0.717) is 44.6 Å². The average Bonchev–Trinajstić information content (AvgIpc) is 3.04. The van der Waals surface area contributed by atoms with Crippen molar-refractivity contribution in [3.8, 4) is 17.1 Å². The van der Waals surface area contributed by atoms with E-state index in [2.05, 4.69) is 16.8 Å². The molecule has 1 aromatic heterocycles. The summed E-state index contributed by atoms with van der Waals surface area (Å²) < 4.78 is 21.3. The first-order valence-electron chi connectivity index (χ1n) is 7.98. The summed E-state index contributed by atoms with van der Waals surface area (Å²) >= 11 is 13.6. The number of hydrogen-bond acceptors (Lipinski definition) is 4. The number of halogens is 3. The number of aromatic nitrogens is 3. The lowest BCUT2D eigenvalue weighted by atomic mass is 10.2. The molecule has 0 fully saturated rings. The highest BCUT2D eigenvalue weighted by Crippen LogP contribution is 2.34. The Morgan fingerprint density at radius 1 is 1.26 bits per heavy atom. The molecular weight excluding hydrogens is 408 g/mol. The quantitative estimate of drug-likeness (QED) is 0.351. The molecule has 1 heterocycles. The molecule has 0 saturated carbocycles. The fourth-order valence-electron chi connectivity index (χ4n) is 2.55. The van der Waals surface area contributed by atoms with Gasteiger partial charge in [0.25, 0.3) is 0 Å². The number of nitrogens with zero attached hydrogens (tertiary/aromatic N) is 3. The van der Waals surface area contributed by atoms with Crippen LogP contribution in [0.2, 0.25) is 10.0 Å². The summed E-state index contributed by atoms with van der Waals surface area (Å²) in [6.45, 7) is 4.27. The summed E-state index contributed by atoms with van der Waals surface area (Å²) in [4.78, 5) is 0. The van der Waals surface area contributed by atoms with Gasteiger partial charge in [-0.25, -0.2) is 4.39 Å². The molecule has 0 radical (unpaired) electrons. The minimum atomic E-state index is -0.346. The highest BCUT2D eigenvalue weighted by molar-refractivity contribution is 7.98. The zero-order valence-corrected chi connectivity index (χ0v) is 16.8. The Labute approximate surface area is 171 Å². The van der Waals surface area contributed by atoms with Crippen LogP contribution in [0.3, 0.4) is 0 Å². The van der Waals surface area contributed by atoms with Gasteiger partial charge in [-0.05, 0) is 30.3 Å². The Bertz CT molecular complexity index is 957. The predicted octanol–water partition coefficient (Wildman–Crippen LogP) is 5.88. The van der Waals surface area contributed by atoms with E-state index in [4.69, 9.17) is 27.9 Å². The minimum absolute atomic E-state index is 0.327. The van der Waals surface area contributed by atoms with Crippen LogP contribution in [-0.4, -0.2) is 21.9 Å². The zero-order valence-electron chi connectivity index (χ0n) is 14.5. The Balaban J connectivity index is 1.97. The molecule has 0 saturated heterocycles. The van der Waals surface area contributed by atoms with Crippen molar-refractivity contribution in [3.05, 3.63) is 70.5 Å². The molecule has 140 valence electrons. The Morgan fingerprint density at radius 2 is 2.07 bits per heavy atom. The van der Waals surface area contributed by atoms with Crippen molar-refractivity contribution < 1.29 is 9.13 Å². The van der Waals surface area contributed by atoms with Crippen LogP contribution in [0.5, 0.6) is 5.75 Å². The van der Waals surface area contributed by atoms with E-state index in [1.807, 2.05) is 4.57 Å². The average molecular weight is 424 g/mol. The summed E-state index contributed by atoms with van der Waals surface area (Å²) in [5, 5.41) is 10.1. The molecule has 0 atom stereocenters. The molecule has 3 rings (SSSR count). The van der Waals surface area contributed by atoms with Gasteiger partial charge in [0.05, 0.1) is 12.7 Å². The van der Waals surface area contributed by atoms with Crippen LogP contribution in [-0.2, 0) is 12.3 Å². The number of benzene rings is 2. The number of rotatable bonds is 7. The number of ether oxygens (including phenoxy) is 1. The van der Waals surface area contributed by atoms with Gasteiger partial charge in [0.1, 0.15) is 11.6 Å². The SMILES string of the molecule is C=CCn1c(SCc2c(F)cccc2Cl)nnc1-c1cc(Cl)ccc1OC. The molecule has 27 heavy (non-hydrogen) atoms. The van der Waals surface area contributed by atoms with Gasteiger partial charge in [0.2, 0.25) is 0 Å². The zero-order chi connectivity index (χ0) is 19.4. The van der Waals surface area contributed by atoms with Gasteiger partial charge in [-0.2, -0.15) is 0 Å². The van der Waals surface area contributed by atoms with Crippen molar-refractivity contribution in [1.82, 2.24) is 14.8 Å². The number of thioether (sulfide) groups is 1. The number of methoxy groups -OCH3 is 1. The lowest BCUT2D eigenvalue weighted by Gasteiger charge is -2.11. The molecule has 0 aliphatic carbocycles. The van der Waals surface area contributed by atoms with Gasteiger partial charge < -0.3 is 4.74 Å². The van der Waals surface area contributed by atoms with Gasteiger partial charge in [-0.1, -0.05) is 47.1 Å². The van der Waals surface area contributed by atoms with Crippen LogP contribution >= 0.6 is 35.0 Å². The first-order valence-corrected chi connectivity index (χ1v) is 9.73. The van der Waals surface area contributed by atoms with E-state index < -0.39 is 0 Å². The smallest absolute Gasteiger partial charge is 0.192 e. The van der Waals surface area contributed by atoms with E-state index in [1.54, 1.807) is 43.5 Å². The highest BCUT2D eigenvalue weighted by Gasteiger charge is 2.18. The second-order valence-corrected chi connectivity index (χ2v) is 7.33. The standard InChI is InChI=1S/C19H16Cl2FN3OS/c1-3-9-25-18(13-10-12(20)7-8-17(13)26-2)23-24-19(25)27-11-14-15(21)5-4-6-16(14)22/h3-8,10H,1,9,11H2,2H3. The lowest BCUT2D eigenvalue weighted by Crippen LogP contribution is -2.02. The van der Waals surface area contributed by atoms with Crippen molar-refractivity contribution in [3.63, 3.8) is 0 Å². The molecule has 0 unspecified atom stereocenters. The molecule has 0 amide bonds. The monoisotopic (exact) mass is 423 g/mol. The van der Waals surface area contributed by atoms with Crippen LogP contribution in [0.15, 0.2) is 54.2 Å². The molecule has 0 bridgehead atoms. The Kier molecular flexibility index (Phi) is 6.42. The number of allylic oxidation sites excluding steroid dienone is 1. The summed E-state index contributed by atoms with van der Waals surface area (Å²) in [5.74, 6) is 1.21. The first kappa shape index (κ1) is 19.7. The second kappa shape index (κ2) is 8.78. The normalized spacial score (nSPS) is 10.8. The van der Waals surface area contributed by atoms with Crippen molar-refractivity contribution in [2.45, 2.75) is 17.5 Å². The Morgan fingerprint density at radius 3 is 2.78 bits per heavy atom. The molecule has 2 aromatic carbocycles. The second-order valence-electron chi connectivity index (χ2n) is 5.54. The molecule has 3 aromatic rings. The van der Waals surface area contributed by atoms with Crippen molar-refractivity contribution in [1.29, 1.82) is 0 Å². The molecule has 0 aliphatic rings. The van der Waals surface area contributed by atoms with Gasteiger partial charge in [0.15, 0.2) is 11.0 Å². The third kappa shape index (κ3) is 4.29. The van der Waals surface area contributed by atoms with E-state index >= 15 is 0 Å². The molecule has 0 aliphatic heterocycles. The van der Waals surface area contributed by atoms with E-state index in [-0.39, 0.29) is 5.82 Å². The predicted molar refractivity (Wildman–Crippen MR) is 108 cm³/mol. The summed E-state index contributed by atoms with van der Waals surface area (Å²) in [5.41, 5.74) is 1.15. The van der Waals surface area contributed by atoms with Crippen LogP contribution in [0, 0.1) is 5.82 Å². The first-order chi connectivity index (χ1) is 13.0. The van der Waals surface area contributed by atoms with Crippen LogP contribution in [0.4, 0.5) is 4.39 Å². The molecule has 0 spiro atoms. The summed E-state index contributed by atoms with van der Waals surface area (Å²) in [6, 6.07) is 9.92. The molecular formula is C19H16Cl2FN3OS. The maximum atomic E-state index is 14.0. The fraction of sp³-hybridized carbons (Fsp3) is 0.158. The lowest BCUT2D eigenvalue weighted by molar-refractivity contribution is 0.416. The fourth-order valence-corrected chi connectivity index (χ4v) is 4.01. The van der Waals surface area contributed by atoms with E-state index in [0.717, 1.165) is 5.56 Å². The maximum absolute atomic E-state index is 14.0. The summed E-state index contributed by atoms with van der Waals surface area (Å²) in [7, 11) is 1.58. The molecule has 8 heteroatoms. The molecule has 4 nitrogen and oxygen atoms in total. The number of hydrogen-bond donors (Lipinski definition) is 0. The van der Waals surface area contributed by atoms with Gasteiger partial charge in [-0.3, -0.25) is 4.57 Å². The highest BCUT2D eigenvalue weighted by atomic mass is 35.5. The van der Waals surface area contributed by atoms with Gasteiger partial charge in [-0.15, -0.1) is 16.8 Å². The van der Waals surface area contributed by atoms with E-state index in [9.17, 15) is 4.39 Å². The topological polar surface area (TPSA) is 39.9 Å². The van der Waals surface area contributed by atoms with Gasteiger partial charge in [0, 0.05) is 27.9 Å². The van der Waals surface area contributed by atoms with Crippen molar-refractivity contribution in [2.75, 3.05) is 7.11 Å². The van der Waals surface area contributed by atoms with Crippen LogP contribution < -0.4 is 4.74 Å². The third-order valence-corrected chi connectivity index (χ3v) is 5.42. The van der Waals surface area contributed by atoms with Crippen molar-refractivity contribution >= 4 is 35.0 Å². The van der Waals surface area contributed by atoms with Crippen LogP contribution in [0.25, 0.3) is 11.4 Å². The van der Waals surface area contributed by atoms with Crippen molar-refractivity contribution in [2.24, 2.45) is 0 Å². The summed E-state index contributed by atoms with van der Waals surface area (Å²) in [6.07, 6.45) is 1.74. The maximum Gasteiger partial charge on any atom is 0.192 e. The molecule has 0 N–H and O–H groups in total. The van der Waals surface area contributed by atoms with E-state index in [1.165, 1.54) is 17.8 Å². The van der Waals surface area contributed by atoms with Gasteiger partial charge >= 0.3 is 0 Å². The third-order valence-electron chi connectivity index (χ3n) is 3.84.